The van der Waals surface area contributed by atoms with E-state index in [1.165, 1.54) is 10.4 Å². The van der Waals surface area contributed by atoms with Crippen molar-refractivity contribution in [3.8, 4) is 11.5 Å². The minimum Gasteiger partial charge on any atom is -0.496 e. The number of methoxy groups -OCH3 is 1. The molecule has 3 rings (SSSR count). The second-order valence-electron chi connectivity index (χ2n) is 6.74. The Bertz CT molecular complexity index is 901. The van der Waals surface area contributed by atoms with E-state index < -0.39 is 15.8 Å². The largest absolute Gasteiger partial charge is 0.496 e. The van der Waals surface area contributed by atoms with Gasteiger partial charge in [0.15, 0.2) is 11.6 Å². The molecule has 7 heteroatoms. The standard InChI is InChI=1S/C20H24FNO4S/c1-15-12-17(9-10-19(15)25-2)27(23,24)22-11-5-6-16(13-22)14-26-20-8-4-3-7-18(20)21/h3-4,7-10,12,16H,5-6,11,13-14H2,1-2H3. The van der Waals surface area contributed by atoms with E-state index in [1.807, 2.05) is 6.92 Å². The maximum Gasteiger partial charge on any atom is 0.243 e. The van der Waals surface area contributed by atoms with Gasteiger partial charge in [-0.1, -0.05) is 12.1 Å². The number of benzene rings is 2. The molecule has 0 aromatic heterocycles. The first-order valence-electron chi connectivity index (χ1n) is 8.94. The number of hydrogen-bond acceptors (Lipinski definition) is 4. The van der Waals surface area contributed by atoms with Crippen molar-refractivity contribution in [1.82, 2.24) is 4.31 Å². The van der Waals surface area contributed by atoms with Crippen molar-refractivity contribution in [2.24, 2.45) is 5.92 Å². The third-order valence-electron chi connectivity index (χ3n) is 4.80. The topological polar surface area (TPSA) is 55.8 Å². The number of aryl methyl sites for hydroxylation is 1. The molecule has 0 saturated carbocycles. The van der Waals surface area contributed by atoms with Gasteiger partial charge >= 0.3 is 0 Å². The van der Waals surface area contributed by atoms with Gasteiger partial charge in [-0.05, 0) is 55.7 Å². The molecule has 27 heavy (non-hydrogen) atoms. The summed E-state index contributed by atoms with van der Waals surface area (Å²) in [4.78, 5) is 0.261. The second kappa shape index (κ2) is 8.27. The molecule has 0 spiro atoms. The second-order valence-corrected chi connectivity index (χ2v) is 8.68. The summed E-state index contributed by atoms with van der Waals surface area (Å²) in [6.07, 6.45) is 1.60. The first-order chi connectivity index (χ1) is 12.9. The van der Waals surface area contributed by atoms with Crippen molar-refractivity contribution in [3.05, 3.63) is 53.8 Å². The lowest BCUT2D eigenvalue weighted by Gasteiger charge is -2.32. The fraction of sp³-hybridized carbons (Fsp3) is 0.400. The van der Waals surface area contributed by atoms with Crippen LogP contribution in [0.4, 0.5) is 4.39 Å². The number of ether oxygens (including phenoxy) is 2. The lowest BCUT2D eigenvalue weighted by Crippen LogP contribution is -2.41. The van der Waals surface area contributed by atoms with E-state index in [9.17, 15) is 12.8 Å². The number of piperidine rings is 1. The zero-order chi connectivity index (χ0) is 19.4. The molecule has 0 radical (unpaired) electrons. The van der Waals surface area contributed by atoms with E-state index >= 15 is 0 Å². The summed E-state index contributed by atoms with van der Waals surface area (Å²) in [5.74, 6) is 0.464. The molecule has 1 saturated heterocycles. The van der Waals surface area contributed by atoms with Gasteiger partial charge in [0.25, 0.3) is 0 Å². The Balaban J connectivity index is 1.69. The minimum atomic E-state index is -3.59. The van der Waals surface area contributed by atoms with Crippen molar-refractivity contribution in [2.75, 3.05) is 26.8 Å². The Morgan fingerprint density at radius 2 is 1.96 bits per heavy atom. The van der Waals surface area contributed by atoms with Crippen molar-refractivity contribution < 1.29 is 22.3 Å². The van der Waals surface area contributed by atoms with Crippen LogP contribution in [-0.4, -0.2) is 39.5 Å². The summed E-state index contributed by atoms with van der Waals surface area (Å²) in [6.45, 7) is 2.94. The molecule has 5 nitrogen and oxygen atoms in total. The van der Waals surface area contributed by atoms with Gasteiger partial charge in [0.05, 0.1) is 18.6 Å². The van der Waals surface area contributed by atoms with Crippen LogP contribution in [0.3, 0.4) is 0 Å². The Kier molecular flexibility index (Phi) is 6.01. The molecule has 2 aromatic carbocycles. The predicted molar refractivity (Wildman–Crippen MR) is 101 cm³/mol. The molecular formula is C20H24FNO4S. The van der Waals surface area contributed by atoms with Crippen LogP contribution in [0.15, 0.2) is 47.4 Å². The molecule has 0 amide bonds. The fourth-order valence-electron chi connectivity index (χ4n) is 3.31. The third kappa shape index (κ3) is 4.42. The summed E-state index contributed by atoms with van der Waals surface area (Å²) in [6, 6.07) is 11.1. The maximum absolute atomic E-state index is 13.7. The number of para-hydroxylation sites is 1. The molecule has 2 aromatic rings. The van der Waals surface area contributed by atoms with Gasteiger partial charge in [0, 0.05) is 19.0 Å². The lowest BCUT2D eigenvalue weighted by atomic mass is 10.0. The maximum atomic E-state index is 13.7. The van der Waals surface area contributed by atoms with E-state index in [1.54, 1.807) is 43.5 Å². The number of rotatable bonds is 6. The quantitative estimate of drug-likeness (QED) is 0.752. The van der Waals surface area contributed by atoms with Gasteiger partial charge in [-0.15, -0.1) is 0 Å². The van der Waals surface area contributed by atoms with Gasteiger partial charge in [-0.2, -0.15) is 4.31 Å². The normalized spacial score (nSPS) is 18.3. The Morgan fingerprint density at radius 1 is 1.19 bits per heavy atom. The Hall–Kier alpha value is -2.12. The summed E-state index contributed by atoms with van der Waals surface area (Å²) in [5.41, 5.74) is 0.773. The highest BCUT2D eigenvalue weighted by atomic mass is 32.2. The van der Waals surface area contributed by atoms with Crippen LogP contribution < -0.4 is 9.47 Å². The summed E-state index contributed by atoms with van der Waals surface area (Å²) < 4.78 is 52.0. The van der Waals surface area contributed by atoms with Gasteiger partial charge in [0.2, 0.25) is 10.0 Å². The van der Waals surface area contributed by atoms with Gasteiger partial charge in [-0.3, -0.25) is 0 Å². The average Bonchev–Trinajstić information content (AvgIpc) is 2.67. The minimum absolute atomic E-state index is 0.0208. The summed E-state index contributed by atoms with van der Waals surface area (Å²) >= 11 is 0. The molecule has 1 aliphatic rings. The van der Waals surface area contributed by atoms with Gasteiger partial charge in [0.1, 0.15) is 5.75 Å². The number of nitrogens with zero attached hydrogens (tertiary/aromatic N) is 1. The van der Waals surface area contributed by atoms with E-state index in [2.05, 4.69) is 0 Å². The molecular weight excluding hydrogens is 369 g/mol. The molecule has 0 bridgehead atoms. The molecule has 146 valence electrons. The fourth-order valence-corrected chi connectivity index (χ4v) is 4.95. The predicted octanol–water partition coefficient (Wildman–Crippen LogP) is 3.62. The Labute approximate surface area is 159 Å². The zero-order valence-corrected chi connectivity index (χ0v) is 16.3. The highest BCUT2D eigenvalue weighted by Gasteiger charge is 2.31. The first kappa shape index (κ1) is 19.6. The Morgan fingerprint density at radius 3 is 2.67 bits per heavy atom. The summed E-state index contributed by atoms with van der Waals surface area (Å²) in [5, 5.41) is 0. The van der Waals surface area contributed by atoms with Crippen LogP contribution in [-0.2, 0) is 10.0 Å². The molecule has 0 N–H and O–H groups in total. The number of halogens is 1. The van der Waals surface area contributed by atoms with E-state index in [0.717, 1.165) is 18.4 Å². The van der Waals surface area contributed by atoms with Crippen molar-refractivity contribution in [2.45, 2.75) is 24.7 Å². The SMILES string of the molecule is COc1ccc(S(=O)(=O)N2CCCC(COc3ccccc3F)C2)cc1C. The molecule has 1 fully saturated rings. The first-order valence-corrected chi connectivity index (χ1v) is 10.4. The molecule has 1 unspecified atom stereocenters. The van der Waals surface area contributed by atoms with E-state index in [0.29, 0.717) is 18.8 Å². The van der Waals surface area contributed by atoms with Crippen LogP contribution in [0, 0.1) is 18.7 Å². The molecule has 1 atom stereocenters. The molecule has 1 heterocycles. The van der Waals surface area contributed by atoms with Crippen LogP contribution >= 0.6 is 0 Å². The van der Waals surface area contributed by atoms with Gasteiger partial charge in [-0.25, -0.2) is 12.8 Å². The third-order valence-corrected chi connectivity index (χ3v) is 6.66. The van der Waals surface area contributed by atoms with Crippen LogP contribution in [0.5, 0.6) is 11.5 Å². The van der Waals surface area contributed by atoms with Crippen LogP contribution in [0.25, 0.3) is 0 Å². The lowest BCUT2D eigenvalue weighted by molar-refractivity contribution is 0.176. The average molecular weight is 393 g/mol. The van der Waals surface area contributed by atoms with Crippen LogP contribution in [0.1, 0.15) is 18.4 Å². The summed E-state index contributed by atoms with van der Waals surface area (Å²) in [7, 11) is -2.03. The molecule has 0 aliphatic carbocycles. The van der Waals surface area contributed by atoms with Gasteiger partial charge < -0.3 is 9.47 Å². The van der Waals surface area contributed by atoms with E-state index in [4.69, 9.17) is 9.47 Å². The monoisotopic (exact) mass is 393 g/mol. The van der Waals surface area contributed by atoms with E-state index in [-0.39, 0.29) is 23.2 Å². The highest BCUT2D eigenvalue weighted by molar-refractivity contribution is 7.89. The van der Waals surface area contributed by atoms with Crippen molar-refractivity contribution in [1.29, 1.82) is 0 Å². The number of sulfonamides is 1. The zero-order valence-electron chi connectivity index (χ0n) is 15.5. The number of hydrogen-bond donors (Lipinski definition) is 0. The van der Waals surface area contributed by atoms with Crippen molar-refractivity contribution >= 4 is 10.0 Å². The smallest absolute Gasteiger partial charge is 0.243 e. The van der Waals surface area contributed by atoms with Crippen LogP contribution in [0.2, 0.25) is 0 Å². The highest BCUT2D eigenvalue weighted by Crippen LogP contribution is 2.28. The van der Waals surface area contributed by atoms with Crippen molar-refractivity contribution in [3.63, 3.8) is 0 Å². The molecule has 1 aliphatic heterocycles.